The summed E-state index contributed by atoms with van der Waals surface area (Å²) in [5.41, 5.74) is 1.02. The molecular formula is C16H24IN5O2S. The van der Waals surface area contributed by atoms with E-state index in [0.717, 1.165) is 49.2 Å². The van der Waals surface area contributed by atoms with Crippen LogP contribution in [0.5, 0.6) is 0 Å². The fourth-order valence-electron chi connectivity index (χ4n) is 3.35. The largest absolute Gasteiger partial charge is 0.375 e. The number of fused-ring (bicyclic) bond motifs is 1. The molecule has 4 rings (SSSR count). The quantitative estimate of drug-likeness (QED) is 0.416. The molecule has 1 N–H and O–H groups in total. The molecule has 0 radical (unpaired) electrons. The fourth-order valence-corrected chi connectivity index (χ4v) is 4.07. The van der Waals surface area contributed by atoms with Crippen molar-refractivity contribution in [1.29, 1.82) is 0 Å². The number of guanidine groups is 1. The smallest absolute Gasteiger partial charge is 0.194 e. The van der Waals surface area contributed by atoms with Crippen LogP contribution in [0.25, 0.3) is 4.96 Å². The van der Waals surface area contributed by atoms with Gasteiger partial charge < -0.3 is 19.7 Å². The van der Waals surface area contributed by atoms with Crippen LogP contribution in [0.3, 0.4) is 0 Å². The van der Waals surface area contributed by atoms with Gasteiger partial charge in [0.1, 0.15) is 6.10 Å². The first-order chi connectivity index (χ1) is 11.8. The van der Waals surface area contributed by atoms with Crippen LogP contribution < -0.4 is 5.32 Å². The van der Waals surface area contributed by atoms with Crippen molar-refractivity contribution in [1.82, 2.24) is 19.6 Å². The fraction of sp³-hybridized carbons (Fsp3) is 0.625. The number of hydrogen-bond donors (Lipinski definition) is 1. The third kappa shape index (κ3) is 4.26. The minimum atomic E-state index is 0. The first-order valence-corrected chi connectivity index (χ1v) is 9.31. The molecule has 0 aliphatic carbocycles. The molecule has 2 aliphatic heterocycles. The second-order valence-corrected chi connectivity index (χ2v) is 7.01. The zero-order valence-corrected chi connectivity index (χ0v) is 17.4. The zero-order valence-electron chi connectivity index (χ0n) is 14.3. The highest BCUT2D eigenvalue weighted by Crippen LogP contribution is 2.21. The average molecular weight is 477 g/mol. The number of halogens is 1. The summed E-state index contributed by atoms with van der Waals surface area (Å²) < 4.78 is 13.7. The van der Waals surface area contributed by atoms with Crippen molar-refractivity contribution in [3.8, 4) is 0 Å². The molecule has 138 valence electrons. The summed E-state index contributed by atoms with van der Waals surface area (Å²) in [5.74, 6) is 0.901. The topological polar surface area (TPSA) is 63.4 Å². The van der Waals surface area contributed by atoms with Crippen molar-refractivity contribution in [3.63, 3.8) is 0 Å². The number of nitrogens with one attached hydrogen (secondary N) is 1. The highest BCUT2D eigenvalue weighted by atomic mass is 127. The van der Waals surface area contributed by atoms with E-state index in [9.17, 15) is 0 Å². The van der Waals surface area contributed by atoms with E-state index in [2.05, 4.69) is 26.4 Å². The van der Waals surface area contributed by atoms with Crippen LogP contribution in [0.15, 0.2) is 22.8 Å². The summed E-state index contributed by atoms with van der Waals surface area (Å²) in [6.07, 6.45) is 6.67. The van der Waals surface area contributed by atoms with Crippen LogP contribution in [0.4, 0.5) is 0 Å². The van der Waals surface area contributed by atoms with Crippen LogP contribution in [0, 0.1) is 0 Å². The predicted molar refractivity (Wildman–Crippen MR) is 109 cm³/mol. The van der Waals surface area contributed by atoms with Crippen LogP contribution in [0.1, 0.15) is 18.5 Å². The monoisotopic (exact) mass is 477 g/mol. The predicted octanol–water partition coefficient (Wildman–Crippen LogP) is 1.97. The second-order valence-electron chi connectivity index (χ2n) is 6.13. The van der Waals surface area contributed by atoms with Gasteiger partial charge >= 0.3 is 0 Å². The molecule has 2 aliphatic rings. The summed E-state index contributed by atoms with van der Waals surface area (Å²) >= 11 is 1.64. The van der Waals surface area contributed by atoms with E-state index in [0.29, 0.717) is 13.2 Å². The molecule has 2 aromatic heterocycles. The van der Waals surface area contributed by atoms with E-state index in [1.165, 1.54) is 0 Å². The standard InChI is InChI=1S/C16H23N5O2S.HI/c1-17-15(18-9-12-10-21-5-8-24-16(21)19-12)20-4-7-23-14(11-20)13-3-2-6-22-13;/h5,8,10,13-14H,2-4,6-7,9,11H2,1H3,(H,17,18);1H. The van der Waals surface area contributed by atoms with Gasteiger partial charge in [-0.15, -0.1) is 35.3 Å². The summed E-state index contributed by atoms with van der Waals surface area (Å²) in [7, 11) is 1.82. The maximum absolute atomic E-state index is 5.92. The van der Waals surface area contributed by atoms with Gasteiger partial charge in [0, 0.05) is 44.5 Å². The van der Waals surface area contributed by atoms with Gasteiger partial charge in [-0.3, -0.25) is 9.39 Å². The van der Waals surface area contributed by atoms with Crippen molar-refractivity contribution in [2.75, 3.05) is 33.4 Å². The normalized spacial score (nSPS) is 24.5. The molecule has 9 heteroatoms. The first kappa shape index (κ1) is 18.9. The lowest BCUT2D eigenvalue weighted by Gasteiger charge is -2.37. The third-order valence-electron chi connectivity index (χ3n) is 4.56. The Kier molecular flexibility index (Phi) is 6.53. The number of ether oxygens (including phenoxy) is 2. The molecule has 25 heavy (non-hydrogen) atoms. The zero-order chi connectivity index (χ0) is 16.4. The summed E-state index contributed by atoms with van der Waals surface area (Å²) in [5, 5.41) is 5.46. The molecule has 2 atom stereocenters. The molecular weight excluding hydrogens is 453 g/mol. The number of imidazole rings is 1. The van der Waals surface area contributed by atoms with Gasteiger partial charge in [0.15, 0.2) is 10.9 Å². The van der Waals surface area contributed by atoms with Gasteiger partial charge in [0.05, 0.1) is 24.9 Å². The molecule has 2 unspecified atom stereocenters. The van der Waals surface area contributed by atoms with Crippen LogP contribution in [0.2, 0.25) is 0 Å². The van der Waals surface area contributed by atoms with Crippen molar-refractivity contribution >= 4 is 46.2 Å². The van der Waals surface area contributed by atoms with E-state index in [1.54, 1.807) is 11.3 Å². The van der Waals surface area contributed by atoms with E-state index < -0.39 is 0 Å². The summed E-state index contributed by atoms with van der Waals surface area (Å²) in [4.78, 5) is 12.3. The molecule has 4 heterocycles. The summed E-state index contributed by atoms with van der Waals surface area (Å²) in [6, 6.07) is 0. The Morgan fingerprint density at radius 1 is 1.40 bits per heavy atom. The van der Waals surface area contributed by atoms with Gasteiger partial charge in [0.2, 0.25) is 0 Å². The number of thiazole rings is 1. The molecule has 2 aromatic rings. The van der Waals surface area contributed by atoms with E-state index in [4.69, 9.17) is 9.47 Å². The van der Waals surface area contributed by atoms with Gasteiger partial charge in [-0.2, -0.15) is 0 Å². The third-order valence-corrected chi connectivity index (χ3v) is 5.33. The minimum Gasteiger partial charge on any atom is -0.375 e. The highest BCUT2D eigenvalue weighted by molar-refractivity contribution is 14.0. The number of morpholine rings is 1. The Balaban J connectivity index is 0.00000182. The maximum Gasteiger partial charge on any atom is 0.194 e. The second kappa shape index (κ2) is 8.65. The van der Waals surface area contributed by atoms with Crippen molar-refractivity contribution in [2.45, 2.75) is 31.6 Å². The van der Waals surface area contributed by atoms with Gasteiger partial charge in [-0.25, -0.2) is 4.98 Å². The lowest BCUT2D eigenvalue weighted by atomic mass is 10.1. The lowest BCUT2D eigenvalue weighted by molar-refractivity contribution is -0.0817. The van der Waals surface area contributed by atoms with Crippen LogP contribution >= 0.6 is 35.3 Å². The molecule has 0 aromatic carbocycles. The SMILES string of the molecule is CN=C(NCc1cn2ccsc2n1)N1CCOC(C2CCCO2)C1.I. The Morgan fingerprint density at radius 3 is 3.04 bits per heavy atom. The number of rotatable bonds is 3. The van der Waals surface area contributed by atoms with Gasteiger partial charge in [0.25, 0.3) is 0 Å². The van der Waals surface area contributed by atoms with Crippen molar-refractivity contribution < 1.29 is 9.47 Å². The highest BCUT2D eigenvalue weighted by Gasteiger charge is 2.32. The van der Waals surface area contributed by atoms with Gasteiger partial charge in [-0.1, -0.05) is 0 Å². The van der Waals surface area contributed by atoms with Gasteiger partial charge in [-0.05, 0) is 12.8 Å². The molecule has 2 saturated heterocycles. The molecule has 0 saturated carbocycles. The van der Waals surface area contributed by atoms with Crippen LogP contribution in [-0.4, -0.2) is 65.8 Å². The number of aromatic nitrogens is 2. The first-order valence-electron chi connectivity index (χ1n) is 8.43. The number of nitrogens with zero attached hydrogens (tertiary/aromatic N) is 4. The molecule has 0 spiro atoms. The summed E-state index contributed by atoms with van der Waals surface area (Å²) in [6.45, 7) is 3.91. The minimum absolute atomic E-state index is 0. The lowest BCUT2D eigenvalue weighted by Crippen LogP contribution is -2.53. The Labute approximate surface area is 168 Å². The van der Waals surface area contributed by atoms with E-state index in [-0.39, 0.29) is 36.2 Å². The van der Waals surface area contributed by atoms with Crippen molar-refractivity contribution in [2.24, 2.45) is 4.99 Å². The maximum atomic E-state index is 5.92. The van der Waals surface area contributed by atoms with E-state index in [1.807, 2.05) is 23.0 Å². The number of aliphatic imine (C=N–C) groups is 1. The average Bonchev–Trinajstić information content (AvgIpc) is 3.33. The Hall–Kier alpha value is -0.910. The Bertz CT molecular complexity index is 684. The van der Waals surface area contributed by atoms with Crippen LogP contribution in [-0.2, 0) is 16.0 Å². The Morgan fingerprint density at radius 2 is 2.28 bits per heavy atom. The van der Waals surface area contributed by atoms with Crippen molar-refractivity contribution in [3.05, 3.63) is 23.5 Å². The molecule has 0 amide bonds. The molecule has 7 nitrogen and oxygen atoms in total. The van der Waals surface area contributed by atoms with E-state index >= 15 is 0 Å². The molecule has 2 fully saturated rings. The number of hydrogen-bond acceptors (Lipinski definition) is 5. The molecule has 0 bridgehead atoms.